The van der Waals surface area contributed by atoms with Gasteiger partial charge in [0.05, 0.1) is 5.69 Å². The van der Waals surface area contributed by atoms with Crippen molar-refractivity contribution in [1.29, 1.82) is 0 Å². The Kier molecular flexibility index (Phi) is 7.50. The maximum atomic E-state index is 13.4. The molecule has 1 saturated heterocycles. The molecule has 0 radical (unpaired) electrons. The SMILES string of the molecule is CC(C)C1CCc2ncnc(N3CC4(CCN(Cc5ccccc5)CC4)c4c(N(C)C(=O)OC(C)(C)C)cccc43)c21. The maximum Gasteiger partial charge on any atom is 0.414 e. The van der Waals surface area contributed by atoms with Crippen molar-refractivity contribution in [1.82, 2.24) is 14.9 Å². The molecule has 1 amide bonds. The highest BCUT2D eigenvalue weighted by molar-refractivity contribution is 5.92. The van der Waals surface area contributed by atoms with Crippen molar-refractivity contribution >= 4 is 23.3 Å². The van der Waals surface area contributed by atoms with Crippen LogP contribution in [0.4, 0.5) is 22.0 Å². The van der Waals surface area contributed by atoms with E-state index in [1.807, 2.05) is 27.8 Å². The van der Waals surface area contributed by atoms with Gasteiger partial charge in [0.1, 0.15) is 17.7 Å². The summed E-state index contributed by atoms with van der Waals surface area (Å²) in [6, 6.07) is 17.1. The number of aromatic nitrogens is 2. The van der Waals surface area contributed by atoms with Crippen LogP contribution in [0.5, 0.6) is 0 Å². The number of fused-ring (bicyclic) bond motifs is 3. The quantitative estimate of drug-likeness (QED) is 0.324. The number of ether oxygens (including phenoxy) is 1. The normalized spacial score (nSPS) is 19.7. The van der Waals surface area contributed by atoms with E-state index in [0.717, 1.165) is 69.1 Å². The smallest absolute Gasteiger partial charge is 0.414 e. The van der Waals surface area contributed by atoms with Crippen LogP contribution in [0.15, 0.2) is 54.9 Å². The van der Waals surface area contributed by atoms with Crippen LogP contribution in [-0.4, -0.2) is 53.2 Å². The van der Waals surface area contributed by atoms with Gasteiger partial charge in [-0.15, -0.1) is 0 Å². The molecule has 7 heteroatoms. The molecule has 0 N–H and O–H groups in total. The second kappa shape index (κ2) is 11.0. The summed E-state index contributed by atoms with van der Waals surface area (Å²) in [5.74, 6) is 2.03. The molecule has 1 unspecified atom stereocenters. The number of hydrogen-bond donors (Lipinski definition) is 0. The molecule has 2 aromatic carbocycles. The van der Waals surface area contributed by atoms with Crippen LogP contribution < -0.4 is 9.80 Å². The summed E-state index contributed by atoms with van der Waals surface area (Å²) in [6.45, 7) is 14.2. The largest absolute Gasteiger partial charge is 0.443 e. The van der Waals surface area contributed by atoms with Crippen molar-refractivity contribution in [2.45, 2.75) is 83.8 Å². The molecule has 0 bridgehead atoms. The molecule has 3 aliphatic rings. The Labute approximate surface area is 250 Å². The Morgan fingerprint density at radius 2 is 1.81 bits per heavy atom. The molecule has 6 rings (SSSR count). The third-order valence-electron chi connectivity index (χ3n) is 9.46. The Morgan fingerprint density at radius 3 is 2.50 bits per heavy atom. The standard InChI is InChI=1S/C35H45N5O2/c1-24(2)26-15-16-27-30(26)32(37-23-36-27)40-22-35(17-19-39(20-18-35)21-25-11-8-7-9-12-25)31-28(13-10-14-29(31)40)38(6)33(41)42-34(3,4)5/h7-14,23-24,26H,15-22H2,1-6H3. The van der Waals surface area contributed by atoms with Gasteiger partial charge in [0, 0.05) is 48.1 Å². The molecule has 7 nitrogen and oxygen atoms in total. The fraction of sp³-hybridized carbons (Fsp3) is 0.514. The van der Waals surface area contributed by atoms with E-state index >= 15 is 0 Å². The van der Waals surface area contributed by atoms with E-state index in [1.54, 1.807) is 11.2 Å². The number of benzene rings is 2. The van der Waals surface area contributed by atoms with Gasteiger partial charge >= 0.3 is 6.09 Å². The first-order valence-corrected chi connectivity index (χ1v) is 15.5. The molecular weight excluding hydrogens is 522 g/mol. The Bertz CT molecular complexity index is 1440. The Balaban J connectivity index is 1.40. The highest BCUT2D eigenvalue weighted by Crippen LogP contribution is 2.55. The van der Waals surface area contributed by atoms with Crippen molar-refractivity contribution in [2.75, 3.05) is 36.5 Å². The van der Waals surface area contributed by atoms with Gasteiger partial charge in [-0.3, -0.25) is 9.80 Å². The third kappa shape index (κ3) is 5.28. The lowest BCUT2D eigenvalue weighted by atomic mass is 9.73. The molecule has 1 atom stereocenters. The second-order valence-corrected chi connectivity index (χ2v) is 13.8. The predicted octanol–water partition coefficient (Wildman–Crippen LogP) is 7.22. The number of likely N-dealkylation sites (tertiary alicyclic amines) is 1. The molecule has 1 aliphatic carbocycles. The zero-order valence-electron chi connectivity index (χ0n) is 26.1. The molecule has 1 aromatic heterocycles. The lowest BCUT2D eigenvalue weighted by Gasteiger charge is -2.41. The van der Waals surface area contributed by atoms with Crippen molar-refractivity contribution in [2.24, 2.45) is 5.92 Å². The Hall–Kier alpha value is -3.45. The van der Waals surface area contributed by atoms with E-state index in [9.17, 15) is 4.79 Å². The average molecular weight is 568 g/mol. The molecule has 1 spiro atoms. The van der Waals surface area contributed by atoms with E-state index in [4.69, 9.17) is 14.7 Å². The second-order valence-electron chi connectivity index (χ2n) is 13.8. The van der Waals surface area contributed by atoms with Crippen LogP contribution >= 0.6 is 0 Å². The number of nitrogens with zero attached hydrogens (tertiary/aromatic N) is 5. The molecule has 3 heterocycles. The summed E-state index contributed by atoms with van der Waals surface area (Å²) in [4.78, 5) is 29.8. The molecule has 0 saturated carbocycles. The van der Waals surface area contributed by atoms with Gasteiger partial charge in [0.15, 0.2) is 0 Å². The van der Waals surface area contributed by atoms with E-state index in [-0.39, 0.29) is 11.5 Å². The van der Waals surface area contributed by atoms with E-state index in [2.05, 4.69) is 72.2 Å². The minimum Gasteiger partial charge on any atom is -0.443 e. The highest BCUT2D eigenvalue weighted by Gasteiger charge is 2.49. The number of rotatable bonds is 5. The summed E-state index contributed by atoms with van der Waals surface area (Å²) in [7, 11) is 1.85. The third-order valence-corrected chi connectivity index (χ3v) is 9.46. The highest BCUT2D eigenvalue weighted by atomic mass is 16.6. The van der Waals surface area contributed by atoms with Gasteiger partial charge in [0.25, 0.3) is 0 Å². The van der Waals surface area contributed by atoms with Crippen LogP contribution in [-0.2, 0) is 23.1 Å². The first-order valence-electron chi connectivity index (χ1n) is 15.5. The number of aryl methyl sites for hydroxylation is 1. The number of carbonyl (C=O) groups is 1. The lowest BCUT2D eigenvalue weighted by Crippen LogP contribution is -2.45. The number of anilines is 3. The van der Waals surface area contributed by atoms with Gasteiger partial charge in [-0.1, -0.05) is 50.2 Å². The number of hydrogen-bond acceptors (Lipinski definition) is 6. The molecular formula is C35H45N5O2. The summed E-state index contributed by atoms with van der Waals surface area (Å²) >= 11 is 0. The van der Waals surface area contributed by atoms with Gasteiger partial charge in [-0.25, -0.2) is 14.8 Å². The summed E-state index contributed by atoms with van der Waals surface area (Å²) in [6.07, 6.45) is 5.59. The van der Waals surface area contributed by atoms with Crippen LogP contribution in [0.25, 0.3) is 0 Å². The number of amides is 1. The Morgan fingerprint density at radius 1 is 1.07 bits per heavy atom. The minimum absolute atomic E-state index is 0.0981. The van der Waals surface area contributed by atoms with E-state index in [1.165, 1.54) is 22.4 Å². The first-order chi connectivity index (χ1) is 20.1. The van der Waals surface area contributed by atoms with Gasteiger partial charge in [0.2, 0.25) is 0 Å². The van der Waals surface area contributed by atoms with Gasteiger partial charge in [-0.05, 0) is 89.1 Å². The van der Waals surface area contributed by atoms with Crippen LogP contribution in [0.2, 0.25) is 0 Å². The molecule has 42 heavy (non-hydrogen) atoms. The number of piperidine rings is 1. The minimum atomic E-state index is -0.566. The van der Waals surface area contributed by atoms with Gasteiger partial charge < -0.3 is 9.64 Å². The van der Waals surface area contributed by atoms with E-state index < -0.39 is 5.60 Å². The first kappa shape index (κ1) is 28.7. The van der Waals surface area contributed by atoms with Crippen LogP contribution in [0, 0.1) is 5.92 Å². The molecule has 2 aliphatic heterocycles. The fourth-order valence-corrected chi connectivity index (χ4v) is 7.37. The zero-order valence-corrected chi connectivity index (χ0v) is 26.1. The monoisotopic (exact) mass is 567 g/mol. The van der Waals surface area contributed by atoms with Crippen molar-refractivity contribution < 1.29 is 9.53 Å². The lowest BCUT2D eigenvalue weighted by molar-refractivity contribution is 0.0588. The van der Waals surface area contributed by atoms with Gasteiger partial charge in [-0.2, -0.15) is 0 Å². The maximum absolute atomic E-state index is 13.4. The molecule has 1 fully saturated rings. The zero-order chi connectivity index (χ0) is 29.6. The predicted molar refractivity (Wildman–Crippen MR) is 169 cm³/mol. The van der Waals surface area contributed by atoms with Crippen molar-refractivity contribution in [3.8, 4) is 0 Å². The molecule has 222 valence electrons. The van der Waals surface area contributed by atoms with Crippen molar-refractivity contribution in [3.05, 3.63) is 77.2 Å². The summed E-state index contributed by atoms with van der Waals surface area (Å²) in [5, 5.41) is 0. The fourth-order valence-electron chi connectivity index (χ4n) is 7.37. The van der Waals surface area contributed by atoms with Crippen LogP contribution in [0.1, 0.15) is 82.2 Å². The molecule has 3 aromatic rings. The summed E-state index contributed by atoms with van der Waals surface area (Å²) < 4.78 is 5.83. The number of carbonyl (C=O) groups excluding carboxylic acids is 1. The topological polar surface area (TPSA) is 61.8 Å². The van der Waals surface area contributed by atoms with Crippen molar-refractivity contribution in [3.63, 3.8) is 0 Å². The van der Waals surface area contributed by atoms with Crippen LogP contribution in [0.3, 0.4) is 0 Å². The summed E-state index contributed by atoms with van der Waals surface area (Å²) in [5.41, 5.74) is 6.56. The van der Waals surface area contributed by atoms with E-state index in [0.29, 0.717) is 11.8 Å². The average Bonchev–Trinajstić information content (AvgIpc) is 3.54.